The molecule has 0 unspecified atom stereocenters. The third-order valence-electron chi connectivity index (χ3n) is 3.45. The maximum Gasteiger partial charge on any atom is 0.256 e. The second-order valence-corrected chi connectivity index (χ2v) is 6.59. The van der Waals surface area contributed by atoms with Crippen molar-refractivity contribution in [2.45, 2.75) is 5.22 Å². The van der Waals surface area contributed by atoms with E-state index in [-0.39, 0.29) is 0 Å². The number of hydrogen-bond acceptors (Lipinski definition) is 4. The lowest BCUT2D eigenvalue weighted by atomic mass is 10.1. The van der Waals surface area contributed by atoms with Gasteiger partial charge in [0, 0.05) is 23.4 Å². The van der Waals surface area contributed by atoms with Crippen molar-refractivity contribution < 1.29 is 4.42 Å². The van der Waals surface area contributed by atoms with E-state index in [2.05, 4.69) is 43.3 Å². The Bertz CT molecular complexity index is 682. The highest BCUT2D eigenvalue weighted by Gasteiger charge is 2.16. The Morgan fingerprint density at radius 3 is 2.13 bits per heavy atom. The summed E-state index contributed by atoms with van der Waals surface area (Å²) in [5.74, 6) is 1.79. The van der Waals surface area contributed by atoms with Gasteiger partial charge in [0.2, 0.25) is 0 Å². The molecule has 0 saturated carbocycles. The van der Waals surface area contributed by atoms with Crippen LogP contribution in [0.3, 0.4) is 0 Å². The molecule has 3 rings (SSSR count). The number of hydrogen-bond donors (Lipinski definition) is 0. The van der Waals surface area contributed by atoms with Crippen molar-refractivity contribution in [3.05, 3.63) is 60.7 Å². The van der Waals surface area contributed by atoms with Crippen molar-refractivity contribution in [1.82, 2.24) is 9.88 Å². The molecular formula is C19H20N2OS. The van der Waals surface area contributed by atoms with Gasteiger partial charge in [0.15, 0.2) is 5.76 Å². The van der Waals surface area contributed by atoms with Gasteiger partial charge in [0.1, 0.15) is 5.69 Å². The Balaban J connectivity index is 1.94. The molecule has 0 aliphatic heterocycles. The fourth-order valence-corrected chi connectivity index (χ4v) is 3.18. The van der Waals surface area contributed by atoms with Crippen molar-refractivity contribution in [1.29, 1.82) is 0 Å². The van der Waals surface area contributed by atoms with Gasteiger partial charge < -0.3 is 9.32 Å². The molecule has 3 nitrogen and oxygen atoms in total. The maximum absolute atomic E-state index is 6.07. The van der Waals surface area contributed by atoms with Gasteiger partial charge in [-0.3, -0.25) is 0 Å². The summed E-state index contributed by atoms with van der Waals surface area (Å²) in [4.78, 5) is 6.89. The zero-order chi connectivity index (χ0) is 16.1. The third-order valence-corrected chi connectivity index (χ3v) is 4.26. The summed E-state index contributed by atoms with van der Waals surface area (Å²) in [6, 6.07) is 20.4. The Morgan fingerprint density at radius 2 is 1.52 bits per heavy atom. The van der Waals surface area contributed by atoms with Crippen LogP contribution < -0.4 is 0 Å². The minimum absolute atomic E-state index is 0.726. The smallest absolute Gasteiger partial charge is 0.256 e. The molecule has 1 aromatic heterocycles. The summed E-state index contributed by atoms with van der Waals surface area (Å²) in [6.45, 7) is 0.994. The molecule has 3 aromatic rings. The van der Waals surface area contributed by atoms with Gasteiger partial charge in [-0.1, -0.05) is 72.4 Å². The van der Waals surface area contributed by atoms with Gasteiger partial charge >= 0.3 is 0 Å². The van der Waals surface area contributed by atoms with E-state index in [9.17, 15) is 0 Å². The minimum atomic E-state index is 0.726. The number of thioether (sulfide) groups is 1. The molecule has 0 aliphatic rings. The first-order valence-electron chi connectivity index (χ1n) is 7.63. The highest BCUT2D eigenvalue weighted by Crippen LogP contribution is 2.35. The molecule has 0 atom stereocenters. The minimum Gasteiger partial charge on any atom is -0.431 e. The van der Waals surface area contributed by atoms with Gasteiger partial charge in [-0.25, -0.2) is 4.98 Å². The number of oxazole rings is 1. The van der Waals surface area contributed by atoms with E-state index in [1.54, 1.807) is 11.8 Å². The summed E-state index contributed by atoms with van der Waals surface area (Å²) < 4.78 is 6.07. The van der Waals surface area contributed by atoms with Crippen LogP contribution in [0.4, 0.5) is 0 Å². The molecule has 0 aliphatic carbocycles. The monoisotopic (exact) mass is 324 g/mol. The van der Waals surface area contributed by atoms with Crippen LogP contribution in [0.25, 0.3) is 22.6 Å². The fourth-order valence-electron chi connectivity index (χ4n) is 2.25. The first-order chi connectivity index (χ1) is 11.2. The summed E-state index contributed by atoms with van der Waals surface area (Å²) in [5, 5.41) is 0.726. The number of nitrogens with zero attached hydrogens (tertiary/aromatic N) is 2. The maximum atomic E-state index is 6.07. The average molecular weight is 324 g/mol. The summed E-state index contributed by atoms with van der Waals surface area (Å²) in [7, 11) is 4.14. The average Bonchev–Trinajstić information content (AvgIpc) is 3.00. The summed E-state index contributed by atoms with van der Waals surface area (Å²) in [5.41, 5.74) is 3.04. The summed E-state index contributed by atoms with van der Waals surface area (Å²) in [6.07, 6.45) is 0. The van der Waals surface area contributed by atoms with Crippen LogP contribution in [0, 0.1) is 0 Å². The van der Waals surface area contributed by atoms with Crippen LogP contribution in [0.15, 0.2) is 70.3 Å². The van der Waals surface area contributed by atoms with E-state index in [0.717, 1.165) is 40.1 Å². The van der Waals surface area contributed by atoms with Crippen LogP contribution in [0.2, 0.25) is 0 Å². The van der Waals surface area contributed by atoms with E-state index >= 15 is 0 Å². The molecule has 0 spiro atoms. The Hall–Kier alpha value is -2.04. The molecule has 0 bridgehead atoms. The quantitative estimate of drug-likeness (QED) is 0.617. The van der Waals surface area contributed by atoms with Crippen molar-refractivity contribution in [2.75, 3.05) is 26.4 Å². The predicted octanol–water partition coefficient (Wildman–Crippen LogP) is 4.66. The number of rotatable bonds is 6. The van der Waals surface area contributed by atoms with Crippen LogP contribution >= 0.6 is 11.8 Å². The topological polar surface area (TPSA) is 29.3 Å². The lowest BCUT2D eigenvalue weighted by Crippen LogP contribution is -2.14. The number of benzene rings is 2. The van der Waals surface area contributed by atoms with Crippen LogP contribution in [-0.4, -0.2) is 36.3 Å². The van der Waals surface area contributed by atoms with Crippen molar-refractivity contribution in [3.8, 4) is 22.6 Å². The normalized spacial score (nSPS) is 11.1. The first-order valence-corrected chi connectivity index (χ1v) is 8.62. The molecule has 0 radical (unpaired) electrons. The zero-order valence-corrected chi connectivity index (χ0v) is 14.2. The zero-order valence-electron chi connectivity index (χ0n) is 13.4. The molecule has 2 aromatic carbocycles. The highest BCUT2D eigenvalue weighted by molar-refractivity contribution is 7.99. The highest BCUT2D eigenvalue weighted by atomic mass is 32.2. The molecule has 0 amide bonds. The SMILES string of the molecule is CN(C)CCSc1nc(-c2ccccc2)c(-c2ccccc2)o1. The van der Waals surface area contributed by atoms with Gasteiger partial charge in [-0.2, -0.15) is 0 Å². The lowest BCUT2D eigenvalue weighted by molar-refractivity contribution is 0.434. The molecular weight excluding hydrogens is 304 g/mol. The molecule has 118 valence electrons. The second-order valence-electron chi connectivity index (χ2n) is 5.54. The Morgan fingerprint density at radius 1 is 0.913 bits per heavy atom. The molecule has 4 heteroatoms. The van der Waals surface area contributed by atoms with Crippen LogP contribution in [0.1, 0.15) is 0 Å². The van der Waals surface area contributed by atoms with E-state index < -0.39 is 0 Å². The number of aromatic nitrogens is 1. The molecule has 0 N–H and O–H groups in total. The van der Waals surface area contributed by atoms with E-state index in [1.165, 1.54) is 0 Å². The van der Waals surface area contributed by atoms with Gasteiger partial charge in [-0.05, 0) is 14.1 Å². The van der Waals surface area contributed by atoms with E-state index in [4.69, 9.17) is 9.40 Å². The van der Waals surface area contributed by atoms with Gasteiger partial charge in [0.25, 0.3) is 5.22 Å². The first kappa shape index (κ1) is 15.8. The standard InChI is InChI=1S/C19H20N2OS/c1-21(2)13-14-23-19-20-17(15-9-5-3-6-10-15)18(22-19)16-11-7-4-8-12-16/h3-12H,13-14H2,1-2H3. The summed E-state index contributed by atoms with van der Waals surface area (Å²) >= 11 is 1.65. The van der Waals surface area contributed by atoms with Gasteiger partial charge in [-0.15, -0.1) is 0 Å². The lowest BCUT2D eigenvalue weighted by Gasteiger charge is -2.06. The molecule has 23 heavy (non-hydrogen) atoms. The third kappa shape index (κ3) is 4.03. The van der Waals surface area contributed by atoms with Crippen molar-refractivity contribution in [2.24, 2.45) is 0 Å². The Kier molecular flexibility index (Phi) is 5.16. The van der Waals surface area contributed by atoms with Crippen molar-refractivity contribution >= 4 is 11.8 Å². The largest absolute Gasteiger partial charge is 0.431 e. The van der Waals surface area contributed by atoms with E-state index in [0.29, 0.717) is 0 Å². The predicted molar refractivity (Wildman–Crippen MR) is 96.7 cm³/mol. The van der Waals surface area contributed by atoms with Crippen LogP contribution in [0.5, 0.6) is 0 Å². The van der Waals surface area contributed by atoms with Crippen LogP contribution in [-0.2, 0) is 0 Å². The molecule has 1 heterocycles. The fraction of sp³-hybridized carbons (Fsp3) is 0.211. The molecule has 0 fully saturated rings. The van der Waals surface area contributed by atoms with E-state index in [1.807, 2.05) is 36.4 Å². The molecule has 0 saturated heterocycles. The van der Waals surface area contributed by atoms with Gasteiger partial charge in [0.05, 0.1) is 0 Å². The second kappa shape index (κ2) is 7.49. The van der Waals surface area contributed by atoms with Crippen molar-refractivity contribution in [3.63, 3.8) is 0 Å². The Labute approximate surface area is 141 Å².